The highest BCUT2D eigenvalue weighted by Crippen LogP contribution is 2.38. The van der Waals surface area contributed by atoms with E-state index >= 15 is 0 Å². The van der Waals surface area contributed by atoms with Crippen LogP contribution in [0.15, 0.2) is 41.9 Å². The first kappa shape index (κ1) is 16.1. The summed E-state index contributed by atoms with van der Waals surface area (Å²) in [4.78, 5) is 23.0. The van der Waals surface area contributed by atoms with Crippen LogP contribution in [0.4, 0.5) is 0 Å². The van der Waals surface area contributed by atoms with Crippen molar-refractivity contribution in [1.29, 1.82) is 0 Å². The lowest BCUT2D eigenvalue weighted by Gasteiger charge is -2.01. The first-order chi connectivity index (χ1) is 11.0. The second-order valence-electron chi connectivity index (χ2n) is 5.22. The molecule has 3 rings (SSSR count). The number of allylic oxidation sites excluding steroid dienone is 1. The molecule has 0 N–H and O–H groups in total. The number of rotatable bonds is 5. The molecular weight excluding hydrogens is 344 g/mol. The van der Waals surface area contributed by atoms with Crippen molar-refractivity contribution in [2.75, 3.05) is 14.1 Å². The van der Waals surface area contributed by atoms with Crippen LogP contribution >= 0.6 is 34.0 Å². The Hall–Kier alpha value is -1.76. The Morgan fingerprint density at radius 3 is 2.61 bits per heavy atom. The Balaban J connectivity index is 1.88. The molecule has 0 aliphatic heterocycles. The van der Waals surface area contributed by atoms with Crippen molar-refractivity contribution in [1.82, 2.24) is 9.88 Å². The van der Waals surface area contributed by atoms with Gasteiger partial charge in [-0.05, 0) is 30.5 Å². The maximum absolute atomic E-state index is 12.3. The Kier molecular flexibility index (Phi) is 4.75. The van der Waals surface area contributed by atoms with Crippen LogP contribution in [0.3, 0.4) is 0 Å². The summed E-state index contributed by atoms with van der Waals surface area (Å²) in [7, 11) is 3.79. The molecule has 0 bridgehead atoms. The average Bonchev–Trinajstić information content (AvgIpc) is 3.23. The number of thiazole rings is 1. The molecule has 0 radical (unpaired) electrons. The van der Waals surface area contributed by atoms with E-state index in [1.165, 1.54) is 21.1 Å². The molecule has 0 spiro atoms. The fourth-order valence-corrected chi connectivity index (χ4v) is 4.91. The number of hydrogen-bond acceptors (Lipinski definition) is 6. The van der Waals surface area contributed by atoms with Crippen molar-refractivity contribution in [3.05, 3.63) is 52.5 Å². The zero-order valence-corrected chi connectivity index (χ0v) is 15.5. The number of carbonyl (C=O) groups is 1. The van der Waals surface area contributed by atoms with Crippen LogP contribution in [0.25, 0.3) is 19.6 Å². The summed E-state index contributed by atoms with van der Waals surface area (Å²) in [6.45, 7) is 1.89. The number of ketones is 1. The van der Waals surface area contributed by atoms with Gasteiger partial charge in [-0.1, -0.05) is 6.07 Å². The van der Waals surface area contributed by atoms with E-state index in [0.29, 0.717) is 4.88 Å². The van der Waals surface area contributed by atoms with E-state index in [1.807, 2.05) is 25.9 Å². The molecule has 0 saturated carbocycles. The van der Waals surface area contributed by atoms with Gasteiger partial charge < -0.3 is 4.90 Å². The van der Waals surface area contributed by atoms with Crippen LogP contribution in [0.1, 0.15) is 15.4 Å². The maximum atomic E-state index is 12.3. The fourth-order valence-electron chi connectivity index (χ4n) is 2.03. The second kappa shape index (κ2) is 6.78. The zero-order valence-electron chi connectivity index (χ0n) is 13.1. The minimum Gasteiger partial charge on any atom is -0.383 e. The highest BCUT2D eigenvalue weighted by atomic mass is 32.1. The van der Waals surface area contributed by atoms with E-state index in [2.05, 4.69) is 34.6 Å². The largest absolute Gasteiger partial charge is 0.383 e. The summed E-state index contributed by atoms with van der Waals surface area (Å²) in [5.74, 6) is 0.00925. The number of aryl methyl sites for hydroxylation is 1. The molecule has 118 valence electrons. The molecule has 0 atom stereocenters. The van der Waals surface area contributed by atoms with Gasteiger partial charge in [-0.3, -0.25) is 4.79 Å². The summed E-state index contributed by atoms with van der Waals surface area (Å²) in [6.07, 6.45) is 3.36. The zero-order chi connectivity index (χ0) is 16.4. The molecule has 6 heteroatoms. The van der Waals surface area contributed by atoms with Gasteiger partial charge in [0.05, 0.1) is 15.4 Å². The standard InChI is InChI=1S/C17H16N2OS3/c1-11-16(12(20)8-9-19(2)3)23-17(18-11)15-7-6-14(22-15)13-5-4-10-21-13/h4-10H,1-3H3. The summed E-state index contributed by atoms with van der Waals surface area (Å²) in [5.41, 5.74) is 0.796. The molecule has 3 aromatic rings. The van der Waals surface area contributed by atoms with Crippen molar-refractivity contribution >= 4 is 39.8 Å². The van der Waals surface area contributed by atoms with Crippen LogP contribution in [0.2, 0.25) is 0 Å². The van der Waals surface area contributed by atoms with Crippen molar-refractivity contribution in [2.24, 2.45) is 0 Å². The summed E-state index contributed by atoms with van der Waals surface area (Å²) in [6, 6.07) is 8.38. The Labute approximate surface area is 147 Å². The monoisotopic (exact) mass is 360 g/mol. The van der Waals surface area contributed by atoms with Crippen LogP contribution in [0.5, 0.6) is 0 Å². The van der Waals surface area contributed by atoms with Crippen molar-refractivity contribution in [2.45, 2.75) is 6.92 Å². The third kappa shape index (κ3) is 3.60. The number of thiophene rings is 2. The predicted molar refractivity (Wildman–Crippen MR) is 101 cm³/mol. The van der Waals surface area contributed by atoms with Gasteiger partial charge in [-0.2, -0.15) is 0 Å². The first-order valence-electron chi connectivity index (χ1n) is 7.05. The molecule has 3 heterocycles. The van der Waals surface area contributed by atoms with Crippen molar-refractivity contribution < 1.29 is 4.79 Å². The van der Waals surface area contributed by atoms with E-state index in [0.717, 1.165) is 15.6 Å². The number of carbonyl (C=O) groups excluding carboxylic acids is 1. The van der Waals surface area contributed by atoms with Crippen LogP contribution in [0, 0.1) is 6.92 Å². The molecular formula is C17H16N2OS3. The molecule has 3 nitrogen and oxygen atoms in total. The normalized spacial score (nSPS) is 11.3. The highest BCUT2D eigenvalue weighted by Gasteiger charge is 2.16. The van der Waals surface area contributed by atoms with Gasteiger partial charge in [0, 0.05) is 36.1 Å². The summed E-state index contributed by atoms with van der Waals surface area (Å²) >= 11 is 4.92. The van der Waals surface area contributed by atoms with Gasteiger partial charge in [0.1, 0.15) is 5.01 Å². The lowest BCUT2D eigenvalue weighted by Crippen LogP contribution is -2.02. The average molecular weight is 361 g/mol. The molecule has 0 aliphatic rings. The van der Waals surface area contributed by atoms with E-state index < -0.39 is 0 Å². The molecule has 0 unspecified atom stereocenters. The van der Waals surface area contributed by atoms with Gasteiger partial charge in [-0.15, -0.1) is 34.0 Å². The highest BCUT2D eigenvalue weighted by molar-refractivity contribution is 7.26. The molecule has 0 amide bonds. The lowest BCUT2D eigenvalue weighted by molar-refractivity contribution is 0.104. The number of hydrogen-bond donors (Lipinski definition) is 0. The number of aromatic nitrogens is 1. The van der Waals surface area contributed by atoms with Gasteiger partial charge >= 0.3 is 0 Å². The lowest BCUT2D eigenvalue weighted by atomic mass is 10.3. The van der Waals surface area contributed by atoms with Crippen molar-refractivity contribution in [3.63, 3.8) is 0 Å². The molecule has 0 aromatic carbocycles. The molecule has 0 saturated heterocycles. The van der Waals surface area contributed by atoms with E-state index in [9.17, 15) is 4.79 Å². The smallest absolute Gasteiger partial charge is 0.199 e. The molecule has 3 aromatic heterocycles. The third-order valence-corrected chi connectivity index (χ3v) is 6.62. The predicted octanol–water partition coefficient (Wildman–Crippen LogP) is 5.17. The Bertz CT molecular complexity index is 841. The first-order valence-corrected chi connectivity index (χ1v) is 9.56. The Morgan fingerprint density at radius 2 is 1.91 bits per heavy atom. The van der Waals surface area contributed by atoms with Gasteiger partial charge in [0.15, 0.2) is 5.78 Å². The molecule has 0 aliphatic carbocycles. The summed E-state index contributed by atoms with van der Waals surface area (Å²) < 4.78 is 0. The fraction of sp³-hybridized carbons (Fsp3) is 0.176. The van der Waals surface area contributed by atoms with E-state index in [-0.39, 0.29) is 5.78 Å². The quantitative estimate of drug-likeness (QED) is 0.465. The second-order valence-corrected chi connectivity index (χ2v) is 8.25. The van der Waals surface area contributed by atoms with E-state index in [4.69, 9.17) is 0 Å². The van der Waals surface area contributed by atoms with Gasteiger partial charge in [0.2, 0.25) is 0 Å². The molecule has 0 fully saturated rings. The molecule has 23 heavy (non-hydrogen) atoms. The maximum Gasteiger partial charge on any atom is 0.199 e. The SMILES string of the molecule is Cc1nc(-c2ccc(-c3cccs3)s2)sc1C(=O)C=CN(C)C. The van der Waals surface area contributed by atoms with Crippen LogP contribution in [-0.2, 0) is 0 Å². The van der Waals surface area contributed by atoms with Crippen molar-refractivity contribution in [3.8, 4) is 19.6 Å². The van der Waals surface area contributed by atoms with Crippen LogP contribution in [-0.4, -0.2) is 29.8 Å². The Morgan fingerprint density at radius 1 is 1.13 bits per heavy atom. The summed E-state index contributed by atoms with van der Waals surface area (Å²) in [5, 5.41) is 2.99. The third-order valence-electron chi connectivity index (χ3n) is 3.13. The van der Waals surface area contributed by atoms with E-state index in [1.54, 1.807) is 34.9 Å². The topological polar surface area (TPSA) is 33.2 Å². The van der Waals surface area contributed by atoms with Gasteiger partial charge in [0.25, 0.3) is 0 Å². The minimum absolute atomic E-state index is 0.00925. The van der Waals surface area contributed by atoms with Gasteiger partial charge in [-0.25, -0.2) is 4.98 Å². The minimum atomic E-state index is 0.00925. The number of nitrogens with zero attached hydrogens (tertiary/aromatic N) is 2. The van der Waals surface area contributed by atoms with Crippen LogP contribution < -0.4 is 0 Å².